The van der Waals surface area contributed by atoms with Crippen LogP contribution in [0.1, 0.15) is 36.3 Å². The van der Waals surface area contributed by atoms with Crippen LogP contribution < -0.4 is 5.73 Å². The molecule has 0 unspecified atom stereocenters. The van der Waals surface area contributed by atoms with Gasteiger partial charge in [0, 0.05) is 32.7 Å². The zero-order valence-corrected chi connectivity index (χ0v) is 24.9. The van der Waals surface area contributed by atoms with Gasteiger partial charge in [0.15, 0.2) is 0 Å². The van der Waals surface area contributed by atoms with Crippen LogP contribution >= 0.6 is 11.3 Å². The monoisotopic (exact) mass is 598 g/mol. The Morgan fingerprint density at radius 2 is 1.71 bits per heavy atom. The maximum atomic E-state index is 13.1. The fourth-order valence-corrected chi connectivity index (χ4v) is 7.14. The summed E-state index contributed by atoms with van der Waals surface area (Å²) >= 11 is 1.61. The summed E-state index contributed by atoms with van der Waals surface area (Å²) in [4.78, 5) is 28.7. The molecule has 1 aromatic heterocycles. The number of likely N-dealkylation sites (tertiary alicyclic amines) is 1. The zero-order valence-electron chi connectivity index (χ0n) is 23.3. The van der Waals surface area contributed by atoms with E-state index in [1.54, 1.807) is 48.7 Å². The molecule has 11 heteroatoms. The summed E-state index contributed by atoms with van der Waals surface area (Å²) < 4.78 is 33.2. The second kappa shape index (κ2) is 14.6. The standard InChI is InChI=1S/C30H38N4O5S2/c1-32(41(37,38)28-10-6-3-7-11-28)20-25(26-15-19-40-23-26)12-16-33-17-13-27(14-18-33)34(21-29(31)35)30(36)39-22-24-8-4-2-5-9-24/h2-11,15,19,23,25,27H,12-14,16-18,20-22H2,1H3,(H2,31,35)/t25-/m0/s1. The van der Waals surface area contributed by atoms with Gasteiger partial charge in [-0.15, -0.1) is 0 Å². The highest BCUT2D eigenvalue weighted by molar-refractivity contribution is 7.89. The fourth-order valence-electron chi connectivity index (χ4n) is 5.16. The van der Waals surface area contributed by atoms with Crippen LogP contribution in [-0.4, -0.2) is 80.3 Å². The number of ether oxygens (including phenoxy) is 1. The average Bonchev–Trinajstić information content (AvgIpc) is 3.53. The third kappa shape index (κ3) is 8.62. The zero-order chi connectivity index (χ0) is 29.2. The van der Waals surface area contributed by atoms with E-state index in [-0.39, 0.29) is 30.0 Å². The van der Waals surface area contributed by atoms with Gasteiger partial charge in [-0.3, -0.25) is 9.69 Å². The lowest BCUT2D eigenvalue weighted by Crippen LogP contribution is -2.50. The smallest absolute Gasteiger partial charge is 0.410 e. The molecule has 1 atom stereocenters. The Bertz CT molecular complexity index is 1350. The van der Waals surface area contributed by atoms with Gasteiger partial charge in [0.1, 0.15) is 13.2 Å². The first-order chi connectivity index (χ1) is 19.7. The largest absolute Gasteiger partial charge is 0.445 e. The van der Waals surface area contributed by atoms with Crippen molar-refractivity contribution in [2.24, 2.45) is 5.73 Å². The Hall–Kier alpha value is -3.25. The minimum atomic E-state index is -3.59. The van der Waals surface area contributed by atoms with Crippen molar-refractivity contribution in [1.82, 2.24) is 14.1 Å². The third-order valence-electron chi connectivity index (χ3n) is 7.50. The first kappa shape index (κ1) is 30.7. The normalized spacial score (nSPS) is 15.5. The molecule has 220 valence electrons. The molecule has 0 saturated carbocycles. The van der Waals surface area contributed by atoms with E-state index >= 15 is 0 Å². The lowest BCUT2D eigenvalue weighted by atomic mass is 9.97. The number of rotatable bonds is 13. The van der Waals surface area contributed by atoms with Gasteiger partial charge >= 0.3 is 6.09 Å². The second-order valence-corrected chi connectivity index (χ2v) is 13.2. The van der Waals surface area contributed by atoms with Crippen molar-refractivity contribution in [3.63, 3.8) is 0 Å². The van der Waals surface area contributed by atoms with Crippen LogP contribution in [0.15, 0.2) is 82.4 Å². The van der Waals surface area contributed by atoms with Crippen molar-refractivity contribution in [2.45, 2.75) is 42.7 Å². The van der Waals surface area contributed by atoms with Gasteiger partial charge < -0.3 is 15.4 Å². The molecule has 3 aromatic rings. The van der Waals surface area contributed by atoms with Gasteiger partial charge in [0.05, 0.1) is 4.90 Å². The minimum absolute atomic E-state index is 0.0433. The van der Waals surface area contributed by atoms with Crippen molar-refractivity contribution in [3.8, 4) is 0 Å². The molecule has 0 aliphatic carbocycles. The number of hydrogen-bond donors (Lipinski definition) is 1. The number of carbonyl (C=O) groups excluding carboxylic acids is 2. The molecule has 2 aromatic carbocycles. The van der Waals surface area contributed by atoms with Crippen LogP contribution in [0.2, 0.25) is 0 Å². The Morgan fingerprint density at radius 3 is 2.32 bits per heavy atom. The number of piperidine rings is 1. The maximum Gasteiger partial charge on any atom is 0.410 e. The molecule has 1 fully saturated rings. The lowest BCUT2D eigenvalue weighted by Gasteiger charge is -2.38. The summed E-state index contributed by atoms with van der Waals surface area (Å²) in [5.41, 5.74) is 7.47. The van der Waals surface area contributed by atoms with Crippen molar-refractivity contribution < 1.29 is 22.7 Å². The Labute approximate surface area is 246 Å². The van der Waals surface area contributed by atoms with Gasteiger partial charge in [-0.2, -0.15) is 11.3 Å². The summed E-state index contributed by atoms with van der Waals surface area (Å²) in [6.07, 6.45) is 1.64. The predicted molar refractivity (Wildman–Crippen MR) is 160 cm³/mol. The predicted octanol–water partition coefficient (Wildman–Crippen LogP) is 4.13. The summed E-state index contributed by atoms with van der Waals surface area (Å²) in [7, 11) is -1.95. The molecule has 1 aliphatic rings. The molecule has 0 radical (unpaired) electrons. The SMILES string of the molecule is CN(C[C@H](CCN1CCC(N(CC(N)=O)C(=O)OCc2ccccc2)CC1)c1ccsc1)S(=O)(=O)c1ccccc1. The Balaban J connectivity index is 1.32. The van der Waals surface area contributed by atoms with E-state index < -0.39 is 22.0 Å². The van der Waals surface area contributed by atoms with E-state index in [1.165, 1.54) is 9.21 Å². The van der Waals surface area contributed by atoms with Crippen molar-refractivity contribution in [1.29, 1.82) is 0 Å². The molecule has 1 saturated heterocycles. The van der Waals surface area contributed by atoms with Gasteiger partial charge in [0.25, 0.3) is 0 Å². The van der Waals surface area contributed by atoms with Crippen LogP contribution in [0.3, 0.4) is 0 Å². The highest BCUT2D eigenvalue weighted by atomic mass is 32.2. The first-order valence-corrected chi connectivity index (χ1v) is 16.1. The van der Waals surface area contributed by atoms with Crippen LogP contribution in [0.25, 0.3) is 0 Å². The summed E-state index contributed by atoms with van der Waals surface area (Å²) in [5.74, 6) is -0.529. The summed E-state index contributed by atoms with van der Waals surface area (Å²) in [6.45, 7) is 2.62. The topological polar surface area (TPSA) is 113 Å². The molecule has 0 bridgehead atoms. The van der Waals surface area contributed by atoms with E-state index in [4.69, 9.17) is 10.5 Å². The average molecular weight is 599 g/mol. The number of nitrogens with zero attached hydrogens (tertiary/aromatic N) is 3. The number of likely N-dealkylation sites (N-methyl/N-ethyl adjacent to an activating group) is 1. The fraction of sp³-hybridized carbons (Fsp3) is 0.400. The van der Waals surface area contributed by atoms with Gasteiger partial charge in [-0.1, -0.05) is 48.5 Å². The first-order valence-electron chi connectivity index (χ1n) is 13.8. The second-order valence-electron chi connectivity index (χ2n) is 10.3. The molecule has 2 amide bonds. The molecular weight excluding hydrogens is 560 g/mol. The van der Waals surface area contributed by atoms with Crippen molar-refractivity contribution >= 4 is 33.4 Å². The molecule has 0 spiro atoms. The van der Waals surface area contributed by atoms with E-state index in [0.29, 0.717) is 19.4 Å². The Kier molecular flexibility index (Phi) is 10.9. The maximum absolute atomic E-state index is 13.1. The molecule has 9 nitrogen and oxygen atoms in total. The number of carbonyl (C=O) groups is 2. The van der Waals surface area contributed by atoms with Crippen LogP contribution in [0.4, 0.5) is 4.79 Å². The summed E-state index contributed by atoms with van der Waals surface area (Å²) in [5, 5.41) is 4.10. The number of sulfonamides is 1. The van der Waals surface area contributed by atoms with Crippen LogP contribution in [-0.2, 0) is 26.2 Å². The van der Waals surface area contributed by atoms with E-state index in [1.807, 2.05) is 35.7 Å². The highest BCUT2D eigenvalue weighted by Gasteiger charge is 2.31. The Morgan fingerprint density at radius 1 is 1.05 bits per heavy atom. The van der Waals surface area contributed by atoms with E-state index in [0.717, 1.165) is 37.2 Å². The molecule has 1 aliphatic heterocycles. The number of hydrogen-bond acceptors (Lipinski definition) is 7. The van der Waals surface area contributed by atoms with Gasteiger partial charge in [0.2, 0.25) is 15.9 Å². The third-order valence-corrected chi connectivity index (χ3v) is 10.0. The van der Waals surface area contributed by atoms with Gasteiger partial charge in [-0.05, 0) is 71.8 Å². The van der Waals surface area contributed by atoms with Crippen LogP contribution in [0.5, 0.6) is 0 Å². The number of nitrogens with two attached hydrogens (primary N) is 1. The lowest BCUT2D eigenvalue weighted by molar-refractivity contribution is -0.119. The van der Waals surface area contributed by atoms with E-state index in [2.05, 4.69) is 16.3 Å². The number of primary amides is 1. The number of thiophene rings is 1. The molecule has 2 heterocycles. The molecule has 41 heavy (non-hydrogen) atoms. The van der Waals surface area contributed by atoms with Crippen molar-refractivity contribution in [3.05, 3.63) is 88.6 Å². The minimum Gasteiger partial charge on any atom is -0.445 e. The van der Waals surface area contributed by atoms with Crippen molar-refractivity contribution in [2.75, 3.05) is 39.8 Å². The molecular formula is C30H38N4O5S2. The number of benzene rings is 2. The summed E-state index contributed by atoms with van der Waals surface area (Å²) in [6, 6.07) is 19.8. The van der Waals surface area contributed by atoms with Gasteiger partial charge in [-0.25, -0.2) is 17.5 Å². The molecule has 4 rings (SSSR count). The quantitative estimate of drug-likeness (QED) is 0.317. The number of amides is 2. The van der Waals surface area contributed by atoms with Crippen LogP contribution in [0, 0.1) is 0 Å². The van der Waals surface area contributed by atoms with E-state index in [9.17, 15) is 18.0 Å². The molecule has 2 N–H and O–H groups in total. The highest BCUT2D eigenvalue weighted by Crippen LogP contribution is 2.27.